The lowest BCUT2D eigenvalue weighted by atomic mass is 10.1. The monoisotopic (exact) mass is 179 g/mol. The first-order chi connectivity index (χ1) is 6.45. The lowest BCUT2D eigenvalue weighted by Gasteiger charge is -2.24. The summed E-state index contributed by atoms with van der Waals surface area (Å²) >= 11 is 0. The summed E-state index contributed by atoms with van der Waals surface area (Å²) in [7, 11) is 0. The van der Waals surface area contributed by atoms with Crippen LogP contribution in [0.4, 0.5) is 0 Å². The van der Waals surface area contributed by atoms with Crippen LogP contribution < -0.4 is 10.7 Å². The highest BCUT2D eigenvalue weighted by molar-refractivity contribution is 4.94. The fourth-order valence-corrected chi connectivity index (χ4v) is 1.75. The van der Waals surface area contributed by atoms with Gasteiger partial charge in [0, 0.05) is 25.0 Å². The summed E-state index contributed by atoms with van der Waals surface area (Å²) < 4.78 is 2.01. The Morgan fingerprint density at radius 3 is 2.85 bits per heavy atom. The summed E-state index contributed by atoms with van der Waals surface area (Å²) in [6.07, 6.45) is 8.06. The second-order valence-electron chi connectivity index (χ2n) is 3.60. The van der Waals surface area contributed by atoms with Crippen molar-refractivity contribution >= 4 is 0 Å². The van der Waals surface area contributed by atoms with Gasteiger partial charge in [0.15, 0.2) is 0 Å². The second kappa shape index (κ2) is 4.33. The van der Waals surface area contributed by atoms with Crippen molar-refractivity contribution < 1.29 is 0 Å². The van der Waals surface area contributed by atoms with E-state index in [1.54, 1.807) is 0 Å². The molecule has 0 bridgehead atoms. The minimum atomic E-state index is 0.649. The molecule has 1 unspecified atom stereocenters. The molecular weight excluding hydrogens is 162 g/mol. The van der Waals surface area contributed by atoms with Crippen molar-refractivity contribution in [1.29, 1.82) is 0 Å². The topological polar surface area (TPSA) is 29.0 Å². The first kappa shape index (κ1) is 8.63. The molecule has 0 aromatic carbocycles. The lowest BCUT2D eigenvalue weighted by Crippen LogP contribution is -2.40. The number of rotatable bonds is 3. The van der Waals surface area contributed by atoms with Crippen LogP contribution in [0.5, 0.6) is 0 Å². The van der Waals surface area contributed by atoms with E-state index in [1.165, 1.54) is 25.8 Å². The molecule has 13 heavy (non-hydrogen) atoms. The molecule has 1 fully saturated rings. The average Bonchev–Trinajstić information content (AvgIpc) is 2.69. The van der Waals surface area contributed by atoms with E-state index in [9.17, 15) is 0 Å². The molecule has 0 amide bonds. The average molecular weight is 179 g/mol. The third kappa shape index (κ3) is 2.49. The van der Waals surface area contributed by atoms with Gasteiger partial charge in [0.2, 0.25) is 0 Å². The smallest absolute Gasteiger partial charge is 0.0467 e. The Labute approximate surface area is 79.1 Å². The molecule has 1 atom stereocenters. The first-order valence-electron chi connectivity index (χ1n) is 5.05. The van der Waals surface area contributed by atoms with Crippen molar-refractivity contribution in [2.45, 2.75) is 25.3 Å². The molecule has 0 aliphatic carbocycles. The standard InChI is InChI=1S/C10H17N3/c1-2-6-11-10(5-1)9-12-13-7-3-4-8-13/h3-4,7-8,10-12H,1-2,5-6,9H2. The van der Waals surface area contributed by atoms with Crippen molar-refractivity contribution in [2.75, 3.05) is 18.5 Å². The Morgan fingerprint density at radius 2 is 2.15 bits per heavy atom. The highest BCUT2D eigenvalue weighted by Gasteiger charge is 2.11. The van der Waals surface area contributed by atoms with Crippen molar-refractivity contribution in [3.63, 3.8) is 0 Å². The van der Waals surface area contributed by atoms with E-state index in [0.717, 1.165) is 6.54 Å². The Kier molecular flexibility index (Phi) is 2.87. The molecule has 2 heterocycles. The summed E-state index contributed by atoms with van der Waals surface area (Å²) in [5.41, 5.74) is 3.35. The molecule has 1 aliphatic heterocycles. The summed E-state index contributed by atoms with van der Waals surface area (Å²) in [6, 6.07) is 4.71. The highest BCUT2D eigenvalue weighted by atomic mass is 15.4. The van der Waals surface area contributed by atoms with Crippen LogP contribution in [0.15, 0.2) is 24.5 Å². The maximum Gasteiger partial charge on any atom is 0.0467 e. The van der Waals surface area contributed by atoms with Gasteiger partial charge in [-0.1, -0.05) is 6.42 Å². The zero-order valence-electron chi connectivity index (χ0n) is 7.87. The minimum Gasteiger partial charge on any atom is -0.325 e. The van der Waals surface area contributed by atoms with Crippen LogP contribution >= 0.6 is 0 Å². The number of hydrogen-bond acceptors (Lipinski definition) is 2. The van der Waals surface area contributed by atoms with Crippen LogP contribution in [0.3, 0.4) is 0 Å². The van der Waals surface area contributed by atoms with Crippen LogP contribution in [0.25, 0.3) is 0 Å². The lowest BCUT2D eigenvalue weighted by molar-refractivity contribution is 0.407. The molecule has 3 heteroatoms. The Morgan fingerprint density at radius 1 is 1.31 bits per heavy atom. The summed E-state index contributed by atoms with van der Waals surface area (Å²) in [5.74, 6) is 0. The SMILES string of the molecule is c1ccn(NCC2CCCCN2)c1. The number of piperidine rings is 1. The Bertz CT molecular complexity index is 224. The molecule has 3 nitrogen and oxygen atoms in total. The molecule has 1 aliphatic rings. The van der Waals surface area contributed by atoms with Crippen LogP contribution in [0, 0.1) is 0 Å². The van der Waals surface area contributed by atoms with Crippen molar-refractivity contribution in [1.82, 2.24) is 9.99 Å². The van der Waals surface area contributed by atoms with Crippen LogP contribution in [-0.2, 0) is 0 Å². The van der Waals surface area contributed by atoms with E-state index >= 15 is 0 Å². The second-order valence-corrected chi connectivity index (χ2v) is 3.60. The number of nitrogens with zero attached hydrogens (tertiary/aromatic N) is 1. The van der Waals surface area contributed by atoms with Crippen molar-refractivity contribution in [3.8, 4) is 0 Å². The van der Waals surface area contributed by atoms with Gasteiger partial charge in [-0.2, -0.15) is 0 Å². The van der Waals surface area contributed by atoms with E-state index in [4.69, 9.17) is 0 Å². The molecule has 0 radical (unpaired) electrons. The molecule has 0 saturated carbocycles. The molecular formula is C10H17N3. The van der Waals surface area contributed by atoms with Crippen molar-refractivity contribution in [3.05, 3.63) is 24.5 Å². The summed E-state index contributed by atoms with van der Waals surface area (Å²) in [6.45, 7) is 2.20. The van der Waals surface area contributed by atoms with Crippen LogP contribution in [0.2, 0.25) is 0 Å². The van der Waals surface area contributed by atoms with Gasteiger partial charge in [-0.15, -0.1) is 0 Å². The molecule has 72 valence electrons. The molecule has 1 aromatic heterocycles. The zero-order valence-corrected chi connectivity index (χ0v) is 7.87. The van der Waals surface area contributed by atoms with Gasteiger partial charge in [-0.05, 0) is 31.5 Å². The minimum absolute atomic E-state index is 0.649. The molecule has 2 N–H and O–H groups in total. The van der Waals surface area contributed by atoms with E-state index in [2.05, 4.69) is 10.7 Å². The van der Waals surface area contributed by atoms with Gasteiger partial charge >= 0.3 is 0 Å². The van der Waals surface area contributed by atoms with Gasteiger partial charge in [-0.3, -0.25) is 4.68 Å². The third-order valence-electron chi connectivity index (χ3n) is 2.54. The van der Waals surface area contributed by atoms with E-state index < -0.39 is 0 Å². The van der Waals surface area contributed by atoms with Crippen LogP contribution in [0.1, 0.15) is 19.3 Å². The maximum absolute atomic E-state index is 3.51. The van der Waals surface area contributed by atoms with Crippen LogP contribution in [-0.4, -0.2) is 23.8 Å². The van der Waals surface area contributed by atoms with Gasteiger partial charge < -0.3 is 10.7 Å². The van der Waals surface area contributed by atoms with Gasteiger partial charge in [0.1, 0.15) is 0 Å². The number of nitrogens with one attached hydrogen (secondary N) is 2. The fraction of sp³-hybridized carbons (Fsp3) is 0.600. The first-order valence-corrected chi connectivity index (χ1v) is 5.05. The molecule has 1 aromatic rings. The Hall–Kier alpha value is -0.960. The number of aromatic nitrogens is 1. The van der Waals surface area contributed by atoms with Gasteiger partial charge in [0.05, 0.1) is 0 Å². The molecule has 0 spiro atoms. The largest absolute Gasteiger partial charge is 0.325 e. The normalized spacial score (nSPS) is 22.9. The molecule has 1 saturated heterocycles. The number of hydrogen-bond donors (Lipinski definition) is 2. The van der Waals surface area contributed by atoms with E-state index in [-0.39, 0.29) is 0 Å². The van der Waals surface area contributed by atoms with Gasteiger partial charge in [-0.25, -0.2) is 0 Å². The quantitative estimate of drug-likeness (QED) is 0.729. The zero-order chi connectivity index (χ0) is 8.93. The summed E-state index contributed by atoms with van der Waals surface area (Å²) in [5, 5.41) is 3.51. The van der Waals surface area contributed by atoms with E-state index in [0.29, 0.717) is 6.04 Å². The maximum atomic E-state index is 3.51. The Balaban J connectivity index is 1.72. The molecule has 2 rings (SSSR count). The third-order valence-corrected chi connectivity index (χ3v) is 2.54. The van der Waals surface area contributed by atoms with Crippen molar-refractivity contribution in [2.24, 2.45) is 0 Å². The predicted molar refractivity (Wildman–Crippen MR) is 54.3 cm³/mol. The fourth-order valence-electron chi connectivity index (χ4n) is 1.75. The predicted octanol–water partition coefficient (Wildman–Crippen LogP) is 1.17. The van der Waals surface area contributed by atoms with E-state index in [1.807, 2.05) is 29.2 Å². The highest BCUT2D eigenvalue weighted by Crippen LogP contribution is 2.05. The van der Waals surface area contributed by atoms with Gasteiger partial charge in [0.25, 0.3) is 0 Å². The summed E-state index contributed by atoms with van der Waals surface area (Å²) in [4.78, 5) is 0.